The van der Waals surface area contributed by atoms with E-state index in [1.807, 2.05) is 0 Å². The summed E-state index contributed by atoms with van der Waals surface area (Å²) in [6.07, 6.45) is -6.28. The second-order valence-corrected chi connectivity index (χ2v) is 12.0. The second kappa shape index (κ2) is 12.0. The number of carbonyl (C=O) groups excluding carboxylic acids is 2. The molecule has 15 heteroatoms. The van der Waals surface area contributed by atoms with Crippen LogP contribution in [0.2, 0.25) is 0 Å². The molecule has 0 radical (unpaired) electrons. The number of aliphatic hydroxyl groups is 1. The first-order chi connectivity index (χ1) is 22.7. The highest BCUT2D eigenvalue weighted by atomic mass is 19.4. The number of fused-ring (bicyclic) bond motifs is 2. The summed E-state index contributed by atoms with van der Waals surface area (Å²) in [7, 11) is 1.24. The topological polar surface area (TPSA) is 137 Å². The zero-order valence-corrected chi connectivity index (χ0v) is 25.2. The molecule has 48 heavy (non-hydrogen) atoms. The van der Waals surface area contributed by atoms with Gasteiger partial charge in [0.05, 0.1) is 26.0 Å². The van der Waals surface area contributed by atoms with E-state index in [1.165, 1.54) is 25.3 Å². The number of carbonyl (C=O) groups is 2. The summed E-state index contributed by atoms with van der Waals surface area (Å²) >= 11 is 0. The molecule has 1 aliphatic heterocycles. The Kier molecular flexibility index (Phi) is 8.22. The minimum Gasteiger partial charge on any atom is -0.494 e. The summed E-state index contributed by atoms with van der Waals surface area (Å²) < 4.78 is 96.4. The van der Waals surface area contributed by atoms with Crippen LogP contribution in [0.5, 0.6) is 11.5 Å². The van der Waals surface area contributed by atoms with Gasteiger partial charge < -0.3 is 25.6 Å². The van der Waals surface area contributed by atoms with Crippen molar-refractivity contribution in [3.05, 3.63) is 82.9 Å². The maximum atomic E-state index is 14.9. The zero-order chi connectivity index (χ0) is 34.6. The lowest BCUT2D eigenvalue weighted by atomic mass is 9.74. The van der Waals surface area contributed by atoms with Gasteiger partial charge in [0.2, 0.25) is 11.5 Å². The molecule has 4 N–H and O–H groups in total. The maximum Gasteiger partial charge on any atom is 0.424 e. The highest BCUT2D eigenvalue weighted by Gasteiger charge is 2.59. The van der Waals surface area contributed by atoms with Gasteiger partial charge in [0.15, 0.2) is 0 Å². The van der Waals surface area contributed by atoms with Gasteiger partial charge in [-0.25, -0.2) is 18.2 Å². The number of hydrogen-bond donors (Lipinski definition) is 3. The highest BCUT2D eigenvalue weighted by molar-refractivity contribution is 6.00. The van der Waals surface area contributed by atoms with E-state index < -0.39 is 59.1 Å². The molecule has 3 heterocycles. The van der Waals surface area contributed by atoms with E-state index in [-0.39, 0.29) is 63.7 Å². The summed E-state index contributed by atoms with van der Waals surface area (Å²) in [4.78, 5) is 33.6. The first-order valence-electron chi connectivity index (χ1n) is 14.7. The average Bonchev–Trinajstić information content (AvgIpc) is 3.84. The molecule has 6 rings (SSSR count). The second-order valence-electron chi connectivity index (χ2n) is 12.0. The molecule has 0 unspecified atom stereocenters. The van der Waals surface area contributed by atoms with Crippen molar-refractivity contribution in [3.63, 3.8) is 0 Å². The van der Waals surface area contributed by atoms with Crippen LogP contribution in [0, 0.1) is 11.7 Å². The lowest BCUT2D eigenvalue weighted by molar-refractivity contribution is -0.265. The van der Waals surface area contributed by atoms with Crippen molar-refractivity contribution in [2.24, 2.45) is 11.7 Å². The maximum absolute atomic E-state index is 14.9. The Morgan fingerprint density at radius 1 is 1.15 bits per heavy atom. The van der Waals surface area contributed by atoms with Gasteiger partial charge in [0.25, 0.3) is 12.3 Å². The number of hydrogen-bond acceptors (Lipinski definition) is 7. The monoisotopic (exact) mass is 674 g/mol. The van der Waals surface area contributed by atoms with Crippen molar-refractivity contribution in [1.29, 1.82) is 0 Å². The molecule has 0 saturated heterocycles. The minimum atomic E-state index is -5.41. The number of nitrogens with one attached hydrogen (secondary N) is 1. The molecule has 0 spiro atoms. The molecule has 1 fully saturated rings. The van der Waals surface area contributed by atoms with Crippen LogP contribution in [0.25, 0.3) is 22.2 Å². The highest BCUT2D eigenvalue weighted by Crippen LogP contribution is 2.57. The Labute approximate surface area is 269 Å². The van der Waals surface area contributed by atoms with Gasteiger partial charge in [-0.2, -0.15) is 13.2 Å². The van der Waals surface area contributed by atoms with E-state index >= 15 is 0 Å². The molecule has 252 valence electrons. The fraction of sp³-hybridized carbons (Fsp3) is 0.333. The van der Waals surface area contributed by atoms with Gasteiger partial charge in [0.1, 0.15) is 28.5 Å². The third-order valence-electron chi connectivity index (χ3n) is 8.85. The number of halogens is 6. The largest absolute Gasteiger partial charge is 0.494 e. The smallest absolute Gasteiger partial charge is 0.424 e. The van der Waals surface area contributed by atoms with Crippen molar-refractivity contribution >= 4 is 22.7 Å². The van der Waals surface area contributed by atoms with Crippen LogP contribution >= 0.6 is 0 Å². The quantitative estimate of drug-likeness (QED) is 0.190. The zero-order valence-electron chi connectivity index (χ0n) is 25.2. The van der Waals surface area contributed by atoms with E-state index in [9.17, 15) is 41.0 Å². The van der Waals surface area contributed by atoms with Gasteiger partial charge in [-0.05, 0) is 67.3 Å². The molecule has 4 aromatic rings. The number of primary amides is 1. The van der Waals surface area contributed by atoms with E-state index in [0.29, 0.717) is 12.8 Å². The Morgan fingerprint density at radius 2 is 1.85 bits per heavy atom. The number of nitrogens with zero attached hydrogens (tertiary/aromatic N) is 2. The molecule has 2 aromatic heterocycles. The fourth-order valence-corrected chi connectivity index (χ4v) is 6.20. The molecule has 1 saturated carbocycles. The number of benzene rings is 2. The van der Waals surface area contributed by atoms with Gasteiger partial charge >= 0.3 is 6.18 Å². The number of rotatable bonds is 10. The van der Waals surface area contributed by atoms with Crippen LogP contribution < -0.4 is 20.5 Å². The molecule has 0 bridgehead atoms. The van der Waals surface area contributed by atoms with Crippen molar-refractivity contribution in [1.82, 2.24) is 15.3 Å². The Balaban J connectivity index is 1.43. The summed E-state index contributed by atoms with van der Waals surface area (Å²) in [5.74, 6) is -2.49. The van der Waals surface area contributed by atoms with Gasteiger partial charge in [-0.3, -0.25) is 14.6 Å². The van der Waals surface area contributed by atoms with Crippen LogP contribution in [0.3, 0.4) is 0 Å². The molecular formula is C33H28F6N4O5. The molecule has 2 atom stereocenters. The molecule has 2 amide bonds. The molecule has 2 aliphatic rings. The standard InChI is InChI=1S/C33H28F6N4O5/c1-47-23-10-18(8-17-9-19(29(35)36)13-41-26(17)23)30(45)42-14-32(46,33(37,38)39)24-11-22-28(27(43-24)16-2-6-21(34)7-3-16)48-15-31(22,12-25(40)44)20-4-5-20/h2-3,6-11,13,20,29,46H,4-5,12,14-15H2,1H3,(H2,40,44)(H,42,45)/t31-,32-/m0/s1. The van der Waals surface area contributed by atoms with E-state index in [2.05, 4.69) is 15.3 Å². The van der Waals surface area contributed by atoms with Gasteiger partial charge in [-0.1, -0.05) is 0 Å². The average molecular weight is 675 g/mol. The van der Waals surface area contributed by atoms with Crippen molar-refractivity contribution in [2.75, 3.05) is 20.3 Å². The fourth-order valence-electron chi connectivity index (χ4n) is 6.20. The number of methoxy groups -OCH3 is 1. The SMILES string of the molecule is COc1cc(C(=O)NC[C@](O)(c2cc3c(c(-c4ccc(F)cc4)n2)OC[C@@]3(CC(N)=O)C2CC2)C(F)(F)F)cc2cc(C(F)F)cnc12. The van der Waals surface area contributed by atoms with Gasteiger partial charge in [-0.15, -0.1) is 0 Å². The van der Waals surface area contributed by atoms with Crippen molar-refractivity contribution < 1.29 is 50.5 Å². The third kappa shape index (κ3) is 5.76. The summed E-state index contributed by atoms with van der Waals surface area (Å²) in [5, 5.41) is 13.6. The summed E-state index contributed by atoms with van der Waals surface area (Å²) in [5.41, 5.74) is -0.565. The lowest BCUT2D eigenvalue weighted by Gasteiger charge is -2.32. The minimum absolute atomic E-state index is 0.000329. The Morgan fingerprint density at radius 3 is 2.46 bits per heavy atom. The Bertz CT molecular complexity index is 1920. The number of alkyl halides is 5. The molecule has 9 nitrogen and oxygen atoms in total. The van der Waals surface area contributed by atoms with Crippen LogP contribution in [0.4, 0.5) is 26.3 Å². The summed E-state index contributed by atoms with van der Waals surface area (Å²) in [6.45, 7) is -1.50. The lowest BCUT2D eigenvalue weighted by Crippen LogP contribution is -2.51. The number of nitrogens with two attached hydrogens (primary N) is 1. The van der Waals surface area contributed by atoms with Gasteiger partial charge in [0, 0.05) is 45.7 Å². The third-order valence-corrected chi connectivity index (χ3v) is 8.85. The van der Waals surface area contributed by atoms with E-state index in [1.54, 1.807) is 0 Å². The van der Waals surface area contributed by atoms with Crippen LogP contribution in [-0.4, -0.2) is 53.3 Å². The first-order valence-corrected chi connectivity index (χ1v) is 14.7. The number of amides is 2. The van der Waals surface area contributed by atoms with Crippen LogP contribution in [0.1, 0.15) is 52.9 Å². The normalized spacial score (nSPS) is 18.7. The Hall–Kier alpha value is -4.92. The van der Waals surface area contributed by atoms with Crippen LogP contribution in [-0.2, 0) is 15.8 Å². The molecule has 1 aliphatic carbocycles. The summed E-state index contributed by atoms with van der Waals surface area (Å²) in [6, 6.07) is 9.15. The van der Waals surface area contributed by atoms with Crippen molar-refractivity contribution in [2.45, 2.75) is 42.9 Å². The van der Waals surface area contributed by atoms with E-state index in [0.717, 1.165) is 36.5 Å². The molecule has 2 aromatic carbocycles. The van der Waals surface area contributed by atoms with Crippen molar-refractivity contribution in [3.8, 4) is 22.8 Å². The predicted octanol–water partition coefficient (Wildman–Crippen LogP) is 5.48. The van der Waals surface area contributed by atoms with Crippen LogP contribution in [0.15, 0.2) is 54.7 Å². The molecular weight excluding hydrogens is 646 g/mol. The predicted molar refractivity (Wildman–Crippen MR) is 159 cm³/mol. The van der Waals surface area contributed by atoms with E-state index in [4.69, 9.17) is 15.2 Å². The first kappa shape index (κ1) is 33.0. The number of pyridine rings is 2. The number of aromatic nitrogens is 2. The number of ether oxygens (including phenoxy) is 2.